The molecule has 0 saturated heterocycles. The maximum atomic E-state index is 11.6. The van der Waals surface area contributed by atoms with E-state index in [1.807, 2.05) is 19.2 Å². The molecule has 18 heavy (non-hydrogen) atoms. The van der Waals surface area contributed by atoms with E-state index in [0.29, 0.717) is 6.42 Å². The Balaban J connectivity index is 0.00000289. The predicted molar refractivity (Wildman–Crippen MR) is 78.3 cm³/mol. The Bertz CT molecular complexity index is 338. The third kappa shape index (κ3) is 6.62. The van der Waals surface area contributed by atoms with Crippen LogP contribution in [0, 0.1) is 0 Å². The summed E-state index contributed by atoms with van der Waals surface area (Å²) in [6.45, 7) is 3.81. The van der Waals surface area contributed by atoms with Crippen molar-refractivity contribution in [3.63, 3.8) is 0 Å². The van der Waals surface area contributed by atoms with Gasteiger partial charge in [0.15, 0.2) is 0 Å². The summed E-state index contributed by atoms with van der Waals surface area (Å²) < 4.78 is 0. The smallest absolute Gasteiger partial charge is 0.224 e. The van der Waals surface area contributed by atoms with E-state index in [1.54, 1.807) is 0 Å². The monoisotopic (exact) mass is 270 g/mol. The molecule has 0 bridgehead atoms. The van der Waals surface area contributed by atoms with Crippen molar-refractivity contribution in [1.29, 1.82) is 0 Å². The molecule has 0 aromatic heterocycles. The molecule has 0 atom stereocenters. The van der Waals surface area contributed by atoms with Crippen LogP contribution in [0.2, 0.25) is 0 Å². The van der Waals surface area contributed by atoms with Gasteiger partial charge in [0.05, 0.1) is 6.42 Å². The average molecular weight is 271 g/mol. The summed E-state index contributed by atoms with van der Waals surface area (Å²) in [6.07, 6.45) is 2.48. The van der Waals surface area contributed by atoms with Crippen LogP contribution >= 0.6 is 12.4 Å². The molecule has 0 radical (unpaired) electrons. The molecule has 102 valence electrons. The first-order chi connectivity index (χ1) is 8.26. The van der Waals surface area contributed by atoms with E-state index in [-0.39, 0.29) is 18.3 Å². The molecule has 1 amide bonds. The predicted octanol–water partition coefficient (Wildman–Crippen LogP) is 1.94. The molecule has 1 rings (SSSR count). The van der Waals surface area contributed by atoms with Crippen LogP contribution in [0.5, 0.6) is 0 Å². The molecule has 4 heteroatoms. The third-order valence-electron chi connectivity index (χ3n) is 2.72. The summed E-state index contributed by atoms with van der Waals surface area (Å²) in [5, 5.41) is 5.97. The molecule has 0 fully saturated rings. The Morgan fingerprint density at radius 3 is 2.28 bits per heavy atom. The second-order valence-corrected chi connectivity index (χ2v) is 4.15. The van der Waals surface area contributed by atoms with Crippen molar-refractivity contribution >= 4 is 18.3 Å². The van der Waals surface area contributed by atoms with Gasteiger partial charge in [0.1, 0.15) is 0 Å². The lowest BCUT2D eigenvalue weighted by Crippen LogP contribution is -2.27. The van der Waals surface area contributed by atoms with E-state index in [1.165, 1.54) is 5.56 Å². The van der Waals surface area contributed by atoms with Gasteiger partial charge in [-0.2, -0.15) is 0 Å². The van der Waals surface area contributed by atoms with Crippen LogP contribution in [0.15, 0.2) is 24.3 Å². The van der Waals surface area contributed by atoms with E-state index in [9.17, 15) is 4.79 Å². The van der Waals surface area contributed by atoms with E-state index in [2.05, 4.69) is 29.7 Å². The standard InChI is InChI=1S/C14H22N2O.ClH/c1-3-12-5-7-13(8-6-12)11-14(17)16-10-4-9-15-2;/h5-8,15H,3-4,9-11H2,1-2H3,(H,16,17);1H. The molecule has 0 spiro atoms. The summed E-state index contributed by atoms with van der Waals surface area (Å²) in [6, 6.07) is 8.24. The Labute approximate surface area is 116 Å². The number of benzene rings is 1. The van der Waals surface area contributed by atoms with E-state index in [0.717, 1.165) is 31.5 Å². The zero-order valence-corrected chi connectivity index (χ0v) is 12.0. The minimum Gasteiger partial charge on any atom is -0.356 e. The zero-order valence-electron chi connectivity index (χ0n) is 11.2. The average Bonchev–Trinajstić information content (AvgIpc) is 2.36. The summed E-state index contributed by atoms with van der Waals surface area (Å²) in [5.74, 6) is 0.102. The van der Waals surface area contributed by atoms with Crippen LogP contribution in [0.25, 0.3) is 0 Å². The van der Waals surface area contributed by atoms with Crippen LogP contribution < -0.4 is 10.6 Å². The Hall–Kier alpha value is -1.06. The highest BCUT2D eigenvalue weighted by atomic mass is 35.5. The van der Waals surface area contributed by atoms with Gasteiger partial charge >= 0.3 is 0 Å². The first-order valence-corrected chi connectivity index (χ1v) is 6.25. The summed E-state index contributed by atoms with van der Waals surface area (Å²) in [7, 11) is 1.91. The topological polar surface area (TPSA) is 41.1 Å². The van der Waals surface area contributed by atoms with E-state index in [4.69, 9.17) is 0 Å². The molecular formula is C14H23ClN2O. The molecule has 0 aliphatic carbocycles. The number of hydrogen-bond acceptors (Lipinski definition) is 2. The first kappa shape index (κ1) is 16.9. The molecule has 3 nitrogen and oxygen atoms in total. The van der Waals surface area contributed by atoms with Crippen molar-refractivity contribution in [2.24, 2.45) is 0 Å². The van der Waals surface area contributed by atoms with Crippen LogP contribution in [-0.4, -0.2) is 26.0 Å². The lowest BCUT2D eigenvalue weighted by molar-refractivity contribution is -0.120. The van der Waals surface area contributed by atoms with Gasteiger partial charge in [-0.3, -0.25) is 4.79 Å². The van der Waals surface area contributed by atoms with Crippen LogP contribution in [-0.2, 0) is 17.6 Å². The normalized spacial score (nSPS) is 9.67. The maximum Gasteiger partial charge on any atom is 0.224 e. The minimum absolute atomic E-state index is 0. The quantitative estimate of drug-likeness (QED) is 0.744. The summed E-state index contributed by atoms with van der Waals surface area (Å²) in [5.41, 5.74) is 2.39. The van der Waals surface area contributed by atoms with Crippen molar-refractivity contribution < 1.29 is 4.79 Å². The van der Waals surface area contributed by atoms with Crippen LogP contribution in [0.3, 0.4) is 0 Å². The zero-order chi connectivity index (χ0) is 12.5. The van der Waals surface area contributed by atoms with Crippen LogP contribution in [0.1, 0.15) is 24.5 Å². The third-order valence-corrected chi connectivity index (χ3v) is 2.72. The van der Waals surface area contributed by atoms with Crippen molar-refractivity contribution in [3.8, 4) is 0 Å². The molecular weight excluding hydrogens is 248 g/mol. The molecule has 0 saturated carbocycles. The second kappa shape index (κ2) is 9.92. The number of hydrogen-bond donors (Lipinski definition) is 2. The van der Waals surface area contributed by atoms with Crippen molar-refractivity contribution in [2.45, 2.75) is 26.2 Å². The van der Waals surface area contributed by atoms with Crippen molar-refractivity contribution in [3.05, 3.63) is 35.4 Å². The molecule has 0 heterocycles. The lowest BCUT2D eigenvalue weighted by atomic mass is 10.1. The lowest BCUT2D eigenvalue weighted by Gasteiger charge is -2.05. The highest BCUT2D eigenvalue weighted by molar-refractivity contribution is 5.85. The van der Waals surface area contributed by atoms with Gasteiger partial charge in [-0.1, -0.05) is 31.2 Å². The maximum absolute atomic E-state index is 11.6. The number of carbonyl (C=O) groups excluding carboxylic acids is 1. The summed E-state index contributed by atoms with van der Waals surface area (Å²) >= 11 is 0. The fourth-order valence-corrected chi connectivity index (χ4v) is 1.63. The number of carbonyl (C=O) groups is 1. The molecule has 2 N–H and O–H groups in total. The largest absolute Gasteiger partial charge is 0.356 e. The SMILES string of the molecule is CCc1ccc(CC(=O)NCCCNC)cc1.Cl. The number of halogens is 1. The van der Waals surface area contributed by atoms with Gasteiger partial charge in [0, 0.05) is 6.54 Å². The molecule has 1 aromatic carbocycles. The molecule has 1 aromatic rings. The number of nitrogens with one attached hydrogen (secondary N) is 2. The number of aryl methyl sites for hydroxylation is 1. The summed E-state index contributed by atoms with van der Waals surface area (Å²) in [4.78, 5) is 11.6. The number of rotatable bonds is 7. The van der Waals surface area contributed by atoms with Crippen LogP contribution in [0.4, 0.5) is 0 Å². The Kier molecular flexibility index (Phi) is 9.33. The molecule has 0 unspecified atom stereocenters. The first-order valence-electron chi connectivity index (χ1n) is 6.25. The van der Waals surface area contributed by atoms with Gasteiger partial charge in [-0.25, -0.2) is 0 Å². The van der Waals surface area contributed by atoms with Crippen molar-refractivity contribution in [2.75, 3.05) is 20.1 Å². The Morgan fingerprint density at radius 1 is 1.11 bits per heavy atom. The second-order valence-electron chi connectivity index (χ2n) is 4.15. The van der Waals surface area contributed by atoms with Gasteiger partial charge in [0.2, 0.25) is 5.91 Å². The highest BCUT2D eigenvalue weighted by Gasteiger charge is 2.02. The van der Waals surface area contributed by atoms with E-state index >= 15 is 0 Å². The van der Waals surface area contributed by atoms with Gasteiger partial charge < -0.3 is 10.6 Å². The van der Waals surface area contributed by atoms with Gasteiger partial charge in [0.25, 0.3) is 0 Å². The molecule has 0 aliphatic rings. The minimum atomic E-state index is 0. The highest BCUT2D eigenvalue weighted by Crippen LogP contribution is 2.05. The number of amides is 1. The fourth-order valence-electron chi connectivity index (χ4n) is 1.63. The van der Waals surface area contributed by atoms with Gasteiger partial charge in [-0.15, -0.1) is 12.4 Å². The Morgan fingerprint density at radius 2 is 1.72 bits per heavy atom. The molecule has 0 aliphatic heterocycles. The van der Waals surface area contributed by atoms with E-state index < -0.39 is 0 Å². The fraction of sp³-hybridized carbons (Fsp3) is 0.500. The van der Waals surface area contributed by atoms with Crippen molar-refractivity contribution in [1.82, 2.24) is 10.6 Å². The van der Waals surface area contributed by atoms with Gasteiger partial charge in [-0.05, 0) is 37.6 Å².